The van der Waals surface area contributed by atoms with Crippen LogP contribution in [0, 0.1) is 6.92 Å². The molecule has 0 aliphatic carbocycles. The summed E-state index contributed by atoms with van der Waals surface area (Å²) in [4.78, 5) is 9.07. The average molecular weight is 323 g/mol. The number of thiophene rings is 1. The molecule has 2 aromatic heterocycles. The Kier molecular flexibility index (Phi) is 6.69. The number of guanidine groups is 1. The zero-order chi connectivity index (χ0) is 14.9. The van der Waals surface area contributed by atoms with Crippen LogP contribution in [0.5, 0.6) is 0 Å². The van der Waals surface area contributed by atoms with E-state index in [1.165, 1.54) is 10.6 Å². The first-order chi connectivity index (χ1) is 10.3. The molecule has 2 rings (SSSR count). The van der Waals surface area contributed by atoms with Crippen LogP contribution in [0.15, 0.2) is 27.2 Å². The summed E-state index contributed by atoms with van der Waals surface area (Å²) in [7, 11) is 0. The Bertz CT molecular complexity index is 546. The number of hydrogen-bond acceptors (Lipinski definition) is 4. The van der Waals surface area contributed by atoms with E-state index in [1.54, 1.807) is 22.7 Å². The number of aromatic nitrogens is 1. The van der Waals surface area contributed by atoms with Crippen molar-refractivity contribution in [1.82, 2.24) is 15.6 Å². The molecule has 6 heteroatoms. The summed E-state index contributed by atoms with van der Waals surface area (Å²) in [6.07, 6.45) is 2.09. The van der Waals surface area contributed by atoms with Gasteiger partial charge in [0.2, 0.25) is 0 Å². The zero-order valence-electron chi connectivity index (χ0n) is 12.6. The van der Waals surface area contributed by atoms with Gasteiger partial charge in [-0.25, -0.2) is 9.98 Å². The highest BCUT2D eigenvalue weighted by Crippen LogP contribution is 2.10. The Morgan fingerprint density at radius 2 is 2.24 bits per heavy atom. The smallest absolute Gasteiger partial charge is 0.191 e. The minimum Gasteiger partial charge on any atom is -0.357 e. The Morgan fingerprint density at radius 1 is 1.33 bits per heavy atom. The van der Waals surface area contributed by atoms with Crippen molar-refractivity contribution in [2.75, 3.05) is 13.1 Å². The summed E-state index contributed by atoms with van der Waals surface area (Å²) >= 11 is 3.45. The lowest BCUT2D eigenvalue weighted by atomic mass is 10.3. The quantitative estimate of drug-likeness (QED) is 0.467. The van der Waals surface area contributed by atoms with Crippen LogP contribution in [-0.2, 0) is 13.0 Å². The Hall–Kier alpha value is -1.40. The Balaban J connectivity index is 1.73. The van der Waals surface area contributed by atoms with Gasteiger partial charge in [-0.3, -0.25) is 0 Å². The number of nitrogens with zero attached hydrogens (tertiary/aromatic N) is 2. The molecular weight excluding hydrogens is 300 g/mol. The number of thiazole rings is 1. The summed E-state index contributed by atoms with van der Waals surface area (Å²) < 4.78 is 0. The molecule has 0 unspecified atom stereocenters. The molecule has 0 atom stereocenters. The minimum atomic E-state index is 0.727. The lowest BCUT2D eigenvalue weighted by Gasteiger charge is -2.10. The van der Waals surface area contributed by atoms with Gasteiger partial charge in [-0.1, -0.05) is 0 Å². The van der Waals surface area contributed by atoms with Gasteiger partial charge >= 0.3 is 0 Å². The van der Waals surface area contributed by atoms with Crippen molar-refractivity contribution in [3.63, 3.8) is 0 Å². The fourth-order valence-corrected chi connectivity index (χ4v) is 3.34. The van der Waals surface area contributed by atoms with E-state index in [1.807, 2.05) is 6.92 Å². The van der Waals surface area contributed by atoms with Gasteiger partial charge in [-0.15, -0.1) is 11.3 Å². The van der Waals surface area contributed by atoms with Gasteiger partial charge in [0, 0.05) is 30.6 Å². The monoisotopic (exact) mass is 322 g/mol. The molecule has 0 saturated heterocycles. The van der Waals surface area contributed by atoms with Gasteiger partial charge in [-0.2, -0.15) is 11.3 Å². The van der Waals surface area contributed by atoms with Gasteiger partial charge in [0.15, 0.2) is 5.96 Å². The highest BCUT2D eigenvalue weighted by atomic mass is 32.1. The summed E-state index contributed by atoms with van der Waals surface area (Å²) in [5, 5.41) is 14.2. The molecule has 0 aliphatic heterocycles. The third-order valence-electron chi connectivity index (χ3n) is 2.87. The number of aryl methyl sites for hydroxylation is 2. The molecule has 0 radical (unpaired) electrons. The maximum atomic E-state index is 4.59. The SMILES string of the molecule is CCNC(=NCc1ccsc1)NCCCc1nc(C)cs1. The second kappa shape index (κ2) is 8.79. The predicted octanol–water partition coefficient (Wildman–Crippen LogP) is 3.20. The Labute approximate surface area is 134 Å². The summed E-state index contributed by atoms with van der Waals surface area (Å²) in [5.74, 6) is 0.888. The van der Waals surface area contributed by atoms with Gasteiger partial charge in [0.1, 0.15) is 0 Å². The second-order valence-corrected chi connectivity index (χ2v) is 6.46. The molecular formula is C15H22N4S2. The molecule has 0 aromatic carbocycles. The third-order valence-corrected chi connectivity index (χ3v) is 4.63. The molecule has 0 fully saturated rings. The molecule has 0 bridgehead atoms. The van der Waals surface area contributed by atoms with Crippen LogP contribution in [0.3, 0.4) is 0 Å². The van der Waals surface area contributed by atoms with Crippen LogP contribution in [0.25, 0.3) is 0 Å². The van der Waals surface area contributed by atoms with E-state index in [2.05, 4.69) is 49.7 Å². The number of rotatable bonds is 7. The van der Waals surface area contributed by atoms with Crippen molar-refractivity contribution in [3.8, 4) is 0 Å². The fraction of sp³-hybridized carbons (Fsp3) is 0.467. The van der Waals surface area contributed by atoms with Crippen LogP contribution in [0.1, 0.15) is 29.6 Å². The summed E-state index contributed by atoms with van der Waals surface area (Å²) in [5.41, 5.74) is 2.38. The lowest BCUT2D eigenvalue weighted by Crippen LogP contribution is -2.37. The van der Waals surface area contributed by atoms with Crippen molar-refractivity contribution in [2.45, 2.75) is 33.2 Å². The highest BCUT2D eigenvalue weighted by molar-refractivity contribution is 7.09. The van der Waals surface area contributed by atoms with Crippen molar-refractivity contribution in [1.29, 1.82) is 0 Å². The topological polar surface area (TPSA) is 49.3 Å². The van der Waals surface area contributed by atoms with E-state index in [9.17, 15) is 0 Å². The molecule has 0 saturated carbocycles. The third kappa shape index (κ3) is 5.85. The van der Waals surface area contributed by atoms with Gasteiger partial charge in [0.25, 0.3) is 0 Å². The summed E-state index contributed by atoms with van der Waals surface area (Å²) in [6.45, 7) is 6.64. The zero-order valence-corrected chi connectivity index (χ0v) is 14.2. The summed E-state index contributed by atoms with van der Waals surface area (Å²) in [6, 6.07) is 2.11. The minimum absolute atomic E-state index is 0.727. The maximum absolute atomic E-state index is 4.59. The highest BCUT2D eigenvalue weighted by Gasteiger charge is 2.00. The normalized spacial score (nSPS) is 11.6. The largest absolute Gasteiger partial charge is 0.357 e. The maximum Gasteiger partial charge on any atom is 0.191 e. The first kappa shape index (κ1) is 16.0. The number of hydrogen-bond donors (Lipinski definition) is 2. The molecule has 2 N–H and O–H groups in total. The van der Waals surface area contributed by atoms with Crippen LogP contribution in [0.2, 0.25) is 0 Å². The molecule has 2 aromatic rings. The van der Waals surface area contributed by atoms with Crippen LogP contribution >= 0.6 is 22.7 Å². The van der Waals surface area contributed by atoms with Gasteiger partial charge in [0.05, 0.1) is 11.6 Å². The molecule has 4 nitrogen and oxygen atoms in total. The average Bonchev–Trinajstić information content (AvgIpc) is 3.12. The fourth-order valence-electron chi connectivity index (χ4n) is 1.86. The van der Waals surface area contributed by atoms with Crippen LogP contribution in [-0.4, -0.2) is 24.0 Å². The first-order valence-corrected chi connectivity index (χ1v) is 9.04. The van der Waals surface area contributed by atoms with E-state index in [0.29, 0.717) is 0 Å². The van der Waals surface area contributed by atoms with Crippen molar-refractivity contribution in [2.24, 2.45) is 4.99 Å². The van der Waals surface area contributed by atoms with Crippen molar-refractivity contribution >= 4 is 28.6 Å². The van der Waals surface area contributed by atoms with Crippen LogP contribution < -0.4 is 10.6 Å². The lowest BCUT2D eigenvalue weighted by molar-refractivity contribution is 0.740. The molecule has 0 spiro atoms. The number of nitrogens with one attached hydrogen (secondary N) is 2. The van der Waals surface area contributed by atoms with Crippen molar-refractivity contribution < 1.29 is 0 Å². The van der Waals surface area contributed by atoms with E-state index >= 15 is 0 Å². The first-order valence-electron chi connectivity index (χ1n) is 7.22. The molecule has 114 valence electrons. The Morgan fingerprint density at radius 3 is 2.90 bits per heavy atom. The molecule has 0 amide bonds. The van der Waals surface area contributed by atoms with Crippen LogP contribution in [0.4, 0.5) is 0 Å². The molecule has 0 aliphatic rings. The van der Waals surface area contributed by atoms with E-state index < -0.39 is 0 Å². The molecule has 21 heavy (non-hydrogen) atoms. The standard InChI is InChI=1S/C15H22N4S2/c1-3-16-15(18-9-13-6-8-20-11-13)17-7-4-5-14-19-12(2)10-21-14/h6,8,10-11H,3-5,7,9H2,1-2H3,(H2,16,17,18). The van der Waals surface area contributed by atoms with Gasteiger partial charge < -0.3 is 10.6 Å². The van der Waals surface area contributed by atoms with E-state index in [4.69, 9.17) is 0 Å². The molecule has 2 heterocycles. The van der Waals surface area contributed by atoms with Gasteiger partial charge in [-0.05, 0) is 42.7 Å². The number of aliphatic imine (C=N–C) groups is 1. The second-order valence-electron chi connectivity index (χ2n) is 4.74. The van der Waals surface area contributed by atoms with Crippen molar-refractivity contribution in [3.05, 3.63) is 38.5 Å². The predicted molar refractivity (Wildman–Crippen MR) is 92.3 cm³/mol. The van der Waals surface area contributed by atoms with E-state index in [-0.39, 0.29) is 0 Å². The van der Waals surface area contributed by atoms with E-state index in [0.717, 1.165) is 44.1 Å².